The topological polar surface area (TPSA) is 82.3 Å². The average molecular weight is 409 g/mol. The van der Waals surface area contributed by atoms with Gasteiger partial charge < -0.3 is 19.6 Å². The number of methoxy groups -OCH3 is 1. The maximum atomic E-state index is 5.70. The third-order valence-corrected chi connectivity index (χ3v) is 5.42. The van der Waals surface area contributed by atoms with E-state index in [1.165, 1.54) is 0 Å². The SMILES string of the molecule is CC[C@@H](/C=N/OC)Nc1c2c(nc3c(-c4ccc(OC)cc4C)c(C)nn13)COC2. The van der Waals surface area contributed by atoms with Crippen molar-refractivity contribution in [3.05, 3.63) is 40.7 Å². The molecule has 0 unspecified atom stereocenters. The van der Waals surface area contributed by atoms with Crippen LogP contribution in [-0.2, 0) is 22.8 Å². The van der Waals surface area contributed by atoms with Gasteiger partial charge in [-0.2, -0.15) is 9.61 Å². The van der Waals surface area contributed by atoms with Gasteiger partial charge in [-0.25, -0.2) is 4.98 Å². The van der Waals surface area contributed by atoms with Crippen LogP contribution >= 0.6 is 0 Å². The molecule has 0 spiro atoms. The van der Waals surface area contributed by atoms with Crippen LogP contribution in [0.4, 0.5) is 5.82 Å². The van der Waals surface area contributed by atoms with Gasteiger partial charge in [0.15, 0.2) is 5.65 Å². The zero-order valence-corrected chi connectivity index (χ0v) is 18.0. The Labute approximate surface area is 175 Å². The second-order valence-electron chi connectivity index (χ2n) is 7.35. The van der Waals surface area contributed by atoms with Crippen LogP contribution in [-0.4, -0.2) is 41.1 Å². The van der Waals surface area contributed by atoms with Crippen molar-refractivity contribution in [2.75, 3.05) is 19.5 Å². The standard InChI is InChI=1S/C22H27N5O3/c1-6-15(10-23-29-5)24-21-18-11-30-12-19(18)25-22-20(14(3)26-27(21)22)17-8-7-16(28-4)9-13(17)2/h7-10,15,24H,6,11-12H2,1-5H3/b23-10+/t15-/m0/s1. The molecule has 0 saturated heterocycles. The summed E-state index contributed by atoms with van der Waals surface area (Å²) in [5.41, 5.74) is 6.93. The summed E-state index contributed by atoms with van der Waals surface area (Å²) in [6, 6.07) is 6.06. The summed E-state index contributed by atoms with van der Waals surface area (Å²) in [6.07, 6.45) is 2.61. The number of hydrogen-bond acceptors (Lipinski definition) is 7. The number of aryl methyl sites for hydroxylation is 2. The molecular formula is C22H27N5O3. The van der Waals surface area contributed by atoms with Gasteiger partial charge >= 0.3 is 0 Å². The van der Waals surface area contributed by atoms with E-state index in [1.807, 2.05) is 23.6 Å². The maximum Gasteiger partial charge on any atom is 0.165 e. The lowest BCUT2D eigenvalue weighted by atomic mass is 10.0. The molecule has 0 saturated carbocycles. The lowest BCUT2D eigenvalue weighted by Gasteiger charge is -2.17. The van der Waals surface area contributed by atoms with E-state index in [9.17, 15) is 0 Å². The first-order valence-corrected chi connectivity index (χ1v) is 10.0. The predicted molar refractivity (Wildman–Crippen MR) is 116 cm³/mol. The molecule has 1 aromatic carbocycles. The fourth-order valence-electron chi connectivity index (χ4n) is 3.82. The van der Waals surface area contributed by atoms with Gasteiger partial charge in [-0.1, -0.05) is 18.1 Å². The van der Waals surface area contributed by atoms with E-state index in [4.69, 9.17) is 24.4 Å². The van der Waals surface area contributed by atoms with Crippen LogP contribution in [0.1, 0.15) is 35.9 Å². The molecule has 1 atom stereocenters. The fraction of sp³-hybridized carbons (Fsp3) is 0.409. The summed E-state index contributed by atoms with van der Waals surface area (Å²) in [4.78, 5) is 9.80. The second-order valence-corrected chi connectivity index (χ2v) is 7.35. The number of rotatable bonds is 7. The highest BCUT2D eigenvalue weighted by atomic mass is 16.6. The van der Waals surface area contributed by atoms with Crippen LogP contribution in [0.3, 0.4) is 0 Å². The van der Waals surface area contributed by atoms with Gasteiger partial charge in [-0.15, -0.1) is 0 Å². The largest absolute Gasteiger partial charge is 0.497 e. The molecule has 1 N–H and O–H groups in total. The minimum atomic E-state index is -0.00377. The minimum absolute atomic E-state index is 0.00377. The molecule has 0 amide bonds. The van der Waals surface area contributed by atoms with Crippen molar-refractivity contribution < 1.29 is 14.3 Å². The van der Waals surface area contributed by atoms with Crippen LogP contribution in [0.15, 0.2) is 23.4 Å². The Morgan fingerprint density at radius 2 is 2.13 bits per heavy atom. The van der Waals surface area contributed by atoms with Gasteiger partial charge in [0.05, 0.1) is 44.0 Å². The highest BCUT2D eigenvalue weighted by molar-refractivity contribution is 5.84. The van der Waals surface area contributed by atoms with E-state index < -0.39 is 0 Å². The molecule has 0 bridgehead atoms. The predicted octanol–water partition coefficient (Wildman–Crippen LogP) is 3.87. The van der Waals surface area contributed by atoms with Crippen molar-refractivity contribution in [2.45, 2.75) is 46.4 Å². The van der Waals surface area contributed by atoms with E-state index in [0.29, 0.717) is 13.2 Å². The van der Waals surface area contributed by atoms with Crippen molar-refractivity contribution in [3.8, 4) is 16.9 Å². The average Bonchev–Trinajstić information content (AvgIpc) is 3.34. The maximum absolute atomic E-state index is 5.70. The molecule has 8 nitrogen and oxygen atoms in total. The molecule has 158 valence electrons. The quantitative estimate of drug-likeness (QED) is 0.471. The Kier molecular flexibility index (Phi) is 5.59. The lowest BCUT2D eigenvalue weighted by molar-refractivity contribution is 0.133. The Morgan fingerprint density at radius 1 is 1.30 bits per heavy atom. The molecule has 2 aromatic heterocycles. The smallest absolute Gasteiger partial charge is 0.165 e. The number of fused-ring (bicyclic) bond motifs is 2. The second kappa shape index (κ2) is 8.31. The molecular weight excluding hydrogens is 382 g/mol. The monoisotopic (exact) mass is 409 g/mol. The first-order valence-electron chi connectivity index (χ1n) is 10.0. The summed E-state index contributed by atoms with van der Waals surface area (Å²) < 4.78 is 13.0. The minimum Gasteiger partial charge on any atom is -0.497 e. The molecule has 0 radical (unpaired) electrons. The number of aromatic nitrogens is 3. The molecule has 3 aromatic rings. The van der Waals surface area contributed by atoms with Crippen molar-refractivity contribution >= 4 is 17.7 Å². The number of oxime groups is 1. The number of nitrogens with zero attached hydrogens (tertiary/aromatic N) is 4. The molecule has 3 heterocycles. The van der Waals surface area contributed by atoms with E-state index in [2.05, 4.69) is 30.4 Å². The lowest BCUT2D eigenvalue weighted by Crippen LogP contribution is -2.23. The number of hydrogen-bond donors (Lipinski definition) is 1. The highest BCUT2D eigenvalue weighted by Gasteiger charge is 2.26. The Bertz CT molecular complexity index is 1110. The third-order valence-electron chi connectivity index (χ3n) is 5.42. The summed E-state index contributed by atoms with van der Waals surface area (Å²) >= 11 is 0. The molecule has 0 aliphatic carbocycles. The number of nitrogens with one attached hydrogen (secondary N) is 1. The third kappa shape index (κ3) is 3.47. The first kappa shape index (κ1) is 20.2. The summed E-state index contributed by atoms with van der Waals surface area (Å²) in [7, 11) is 3.22. The van der Waals surface area contributed by atoms with Crippen LogP contribution in [0.25, 0.3) is 16.8 Å². The molecule has 8 heteroatoms. The normalized spacial score (nSPS) is 14.3. The molecule has 1 aliphatic rings. The molecule has 4 rings (SSSR count). The zero-order valence-electron chi connectivity index (χ0n) is 18.0. The Hall–Kier alpha value is -3.13. The van der Waals surface area contributed by atoms with Crippen LogP contribution in [0.5, 0.6) is 5.75 Å². The van der Waals surface area contributed by atoms with Gasteiger partial charge in [0.2, 0.25) is 0 Å². The summed E-state index contributed by atoms with van der Waals surface area (Å²) in [5.74, 6) is 1.72. The Morgan fingerprint density at radius 3 is 2.83 bits per heavy atom. The van der Waals surface area contributed by atoms with E-state index in [1.54, 1.807) is 20.4 Å². The Balaban J connectivity index is 1.90. The van der Waals surface area contributed by atoms with Crippen LogP contribution in [0.2, 0.25) is 0 Å². The number of ether oxygens (including phenoxy) is 2. The van der Waals surface area contributed by atoms with Gasteiger partial charge in [-0.3, -0.25) is 0 Å². The zero-order chi connectivity index (χ0) is 21.3. The van der Waals surface area contributed by atoms with Crippen molar-refractivity contribution in [2.24, 2.45) is 5.16 Å². The van der Waals surface area contributed by atoms with Crippen molar-refractivity contribution in [1.82, 2.24) is 14.6 Å². The number of anilines is 1. The molecule has 0 fully saturated rings. The van der Waals surface area contributed by atoms with E-state index in [0.717, 1.165) is 57.3 Å². The van der Waals surface area contributed by atoms with Gasteiger partial charge in [0.25, 0.3) is 0 Å². The van der Waals surface area contributed by atoms with Crippen LogP contribution in [0, 0.1) is 13.8 Å². The van der Waals surface area contributed by atoms with Crippen LogP contribution < -0.4 is 10.1 Å². The van der Waals surface area contributed by atoms with Crippen molar-refractivity contribution in [3.63, 3.8) is 0 Å². The van der Waals surface area contributed by atoms with Gasteiger partial charge in [0.1, 0.15) is 18.7 Å². The summed E-state index contributed by atoms with van der Waals surface area (Å²) in [5, 5.41) is 12.3. The fourth-order valence-corrected chi connectivity index (χ4v) is 3.82. The molecule has 30 heavy (non-hydrogen) atoms. The number of benzene rings is 1. The van der Waals surface area contributed by atoms with E-state index >= 15 is 0 Å². The van der Waals surface area contributed by atoms with Crippen molar-refractivity contribution in [1.29, 1.82) is 0 Å². The first-order chi connectivity index (χ1) is 14.6. The van der Waals surface area contributed by atoms with E-state index in [-0.39, 0.29) is 6.04 Å². The van der Waals surface area contributed by atoms with Gasteiger partial charge in [0, 0.05) is 11.1 Å². The highest BCUT2D eigenvalue weighted by Crippen LogP contribution is 2.36. The van der Waals surface area contributed by atoms with Gasteiger partial charge in [-0.05, 0) is 43.5 Å². The summed E-state index contributed by atoms with van der Waals surface area (Å²) in [6.45, 7) is 7.19. The molecule has 1 aliphatic heterocycles.